The van der Waals surface area contributed by atoms with Gasteiger partial charge in [-0.2, -0.15) is 0 Å². The zero-order valence-corrected chi connectivity index (χ0v) is 9.30. The van der Waals surface area contributed by atoms with Crippen LogP contribution in [0.25, 0.3) is 0 Å². The quantitative estimate of drug-likeness (QED) is 0.598. The molecular weight excluding hydrogens is 268 g/mol. The van der Waals surface area contributed by atoms with Crippen molar-refractivity contribution in [3.63, 3.8) is 0 Å². The molecule has 0 fully saturated rings. The van der Waals surface area contributed by atoms with E-state index in [-0.39, 0.29) is 0 Å². The van der Waals surface area contributed by atoms with E-state index in [0.717, 1.165) is 12.1 Å². The van der Waals surface area contributed by atoms with Gasteiger partial charge in [-0.1, -0.05) is 13.0 Å². The molecule has 1 nitrogen and oxygen atoms in total. The Kier molecular flexibility index (Phi) is 3.04. The van der Waals surface area contributed by atoms with E-state index in [1.807, 2.05) is 13.0 Å². The van der Waals surface area contributed by atoms with Gasteiger partial charge in [0, 0.05) is 17.5 Å². The van der Waals surface area contributed by atoms with Gasteiger partial charge >= 0.3 is 0 Å². The van der Waals surface area contributed by atoms with Gasteiger partial charge in [-0.25, -0.2) is 4.39 Å². The lowest BCUT2D eigenvalue weighted by atomic mass is 10.2. The number of hydrogen-bond donors (Lipinski definition) is 0. The highest BCUT2D eigenvalue weighted by Gasteiger charge is 2.20. The Morgan fingerprint density at radius 1 is 1.58 bits per heavy atom. The van der Waals surface area contributed by atoms with Crippen LogP contribution in [0.5, 0.6) is 0 Å². The standard InChI is InChI=1S/C9H11FIN/c1-3-8-5-4-7(6-12-8)9(2,10)11/h4-6H,3H2,1-2H3/t9-/m0/s1. The minimum absolute atomic E-state index is 0.625. The number of rotatable bonds is 2. The number of aromatic nitrogens is 1. The largest absolute Gasteiger partial charge is 0.261 e. The molecule has 0 saturated carbocycles. The molecule has 0 aliphatic carbocycles. The van der Waals surface area contributed by atoms with Gasteiger partial charge in [-0.3, -0.25) is 4.98 Å². The van der Waals surface area contributed by atoms with Crippen molar-refractivity contribution in [2.24, 2.45) is 0 Å². The van der Waals surface area contributed by atoms with E-state index in [1.54, 1.807) is 34.9 Å². The highest BCUT2D eigenvalue weighted by molar-refractivity contribution is 14.1. The maximum absolute atomic E-state index is 13.3. The molecule has 3 heteroatoms. The average molecular weight is 279 g/mol. The Labute approximate surface area is 85.5 Å². The summed E-state index contributed by atoms with van der Waals surface area (Å²) in [5, 5.41) is 0. The zero-order valence-electron chi connectivity index (χ0n) is 7.14. The van der Waals surface area contributed by atoms with Crippen molar-refractivity contribution in [3.05, 3.63) is 29.6 Å². The second kappa shape index (κ2) is 3.68. The molecule has 0 aromatic carbocycles. The van der Waals surface area contributed by atoms with Crippen molar-refractivity contribution in [1.29, 1.82) is 0 Å². The molecular formula is C9H11FIN. The molecule has 0 unspecified atom stereocenters. The fourth-order valence-electron chi connectivity index (χ4n) is 0.893. The van der Waals surface area contributed by atoms with Crippen LogP contribution in [0, 0.1) is 0 Å². The first kappa shape index (κ1) is 9.89. The first-order valence-corrected chi connectivity index (χ1v) is 4.95. The summed E-state index contributed by atoms with van der Waals surface area (Å²) in [6.07, 6.45) is 2.50. The molecule has 0 spiro atoms. The molecule has 0 radical (unpaired) electrons. The maximum atomic E-state index is 13.3. The monoisotopic (exact) mass is 279 g/mol. The van der Waals surface area contributed by atoms with E-state index >= 15 is 0 Å². The Morgan fingerprint density at radius 3 is 2.58 bits per heavy atom. The van der Waals surface area contributed by atoms with Crippen LogP contribution in [-0.4, -0.2) is 4.98 Å². The minimum Gasteiger partial charge on any atom is -0.261 e. The number of nitrogens with zero attached hydrogens (tertiary/aromatic N) is 1. The molecule has 0 aliphatic rings. The van der Waals surface area contributed by atoms with Crippen molar-refractivity contribution in [1.82, 2.24) is 4.98 Å². The third-order valence-electron chi connectivity index (χ3n) is 1.69. The molecule has 0 amide bonds. The zero-order chi connectivity index (χ0) is 9.19. The van der Waals surface area contributed by atoms with Crippen LogP contribution in [-0.2, 0) is 10.1 Å². The van der Waals surface area contributed by atoms with Gasteiger partial charge in [0.1, 0.15) is 0 Å². The van der Waals surface area contributed by atoms with Crippen molar-refractivity contribution in [2.45, 2.75) is 23.9 Å². The van der Waals surface area contributed by atoms with Gasteiger partial charge in [0.15, 0.2) is 3.68 Å². The fourth-order valence-corrected chi connectivity index (χ4v) is 1.21. The minimum atomic E-state index is -1.31. The Hall–Kier alpha value is -0.190. The summed E-state index contributed by atoms with van der Waals surface area (Å²) >= 11 is 1.76. The summed E-state index contributed by atoms with van der Waals surface area (Å²) in [7, 11) is 0. The molecule has 12 heavy (non-hydrogen) atoms. The lowest BCUT2D eigenvalue weighted by molar-refractivity contribution is 0.348. The predicted molar refractivity (Wildman–Crippen MR) is 56.1 cm³/mol. The highest BCUT2D eigenvalue weighted by atomic mass is 127. The lowest BCUT2D eigenvalue weighted by Crippen LogP contribution is -2.05. The van der Waals surface area contributed by atoms with Crippen molar-refractivity contribution in [2.75, 3.05) is 0 Å². The van der Waals surface area contributed by atoms with E-state index in [0.29, 0.717) is 5.56 Å². The smallest absolute Gasteiger partial charge is 0.184 e. The number of alkyl halides is 2. The van der Waals surface area contributed by atoms with E-state index in [2.05, 4.69) is 4.98 Å². The van der Waals surface area contributed by atoms with Gasteiger partial charge in [0.25, 0.3) is 0 Å². The molecule has 0 bridgehead atoms. The first-order chi connectivity index (χ1) is 5.54. The van der Waals surface area contributed by atoms with Gasteiger partial charge < -0.3 is 0 Å². The number of hydrogen-bond acceptors (Lipinski definition) is 1. The Morgan fingerprint density at radius 2 is 2.25 bits per heavy atom. The third-order valence-corrected chi connectivity index (χ3v) is 2.32. The van der Waals surface area contributed by atoms with E-state index in [1.165, 1.54) is 6.92 Å². The SMILES string of the molecule is CCc1ccc([C@@](C)(F)I)cn1. The van der Waals surface area contributed by atoms with Crippen LogP contribution >= 0.6 is 22.6 Å². The second-order valence-corrected chi connectivity index (χ2v) is 4.81. The molecule has 1 aromatic rings. The fraction of sp³-hybridized carbons (Fsp3) is 0.444. The van der Waals surface area contributed by atoms with Crippen LogP contribution in [0.4, 0.5) is 4.39 Å². The molecule has 0 saturated heterocycles. The van der Waals surface area contributed by atoms with Crippen molar-refractivity contribution >= 4 is 22.6 Å². The molecule has 0 aliphatic heterocycles. The highest BCUT2D eigenvalue weighted by Crippen LogP contribution is 2.31. The summed E-state index contributed by atoms with van der Waals surface area (Å²) in [5.41, 5.74) is 1.62. The van der Waals surface area contributed by atoms with Gasteiger partial charge in [-0.05, 0) is 42.0 Å². The van der Waals surface area contributed by atoms with Crippen molar-refractivity contribution < 1.29 is 4.39 Å². The Balaban J connectivity index is 2.93. The van der Waals surface area contributed by atoms with Crippen molar-refractivity contribution in [3.8, 4) is 0 Å². The topological polar surface area (TPSA) is 12.9 Å². The molecule has 1 atom stereocenters. The number of pyridine rings is 1. The Bertz CT molecular complexity index is 250. The third kappa shape index (κ3) is 2.40. The predicted octanol–water partition coefficient (Wildman–Crippen LogP) is 3.22. The lowest BCUT2D eigenvalue weighted by Gasteiger charge is -2.11. The maximum Gasteiger partial charge on any atom is 0.184 e. The van der Waals surface area contributed by atoms with Crippen LogP contribution in [0.2, 0.25) is 0 Å². The van der Waals surface area contributed by atoms with Crippen LogP contribution < -0.4 is 0 Å². The molecule has 0 N–H and O–H groups in total. The summed E-state index contributed by atoms with van der Waals surface area (Å²) in [6.45, 7) is 3.55. The molecule has 1 heterocycles. The van der Waals surface area contributed by atoms with Gasteiger partial charge in [-0.15, -0.1) is 0 Å². The summed E-state index contributed by atoms with van der Waals surface area (Å²) in [4.78, 5) is 4.12. The van der Waals surface area contributed by atoms with Crippen LogP contribution in [0.15, 0.2) is 18.3 Å². The van der Waals surface area contributed by atoms with Crippen LogP contribution in [0.1, 0.15) is 25.1 Å². The van der Waals surface area contributed by atoms with E-state index in [9.17, 15) is 4.39 Å². The first-order valence-electron chi connectivity index (χ1n) is 3.87. The van der Waals surface area contributed by atoms with Gasteiger partial charge in [0.2, 0.25) is 0 Å². The average Bonchev–Trinajstić information content (AvgIpc) is 2.03. The summed E-state index contributed by atoms with van der Waals surface area (Å²) in [5.74, 6) is 0. The normalized spacial score (nSPS) is 15.7. The van der Waals surface area contributed by atoms with E-state index in [4.69, 9.17) is 0 Å². The molecule has 1 aromatic heterocycles. The number of halogens is 2. The second-order valence-electron chi connectivity index (χ2n) is 2.78. The van der Waals surface area contributed by atoms with Crippen LogP contribution in [0.3, 0.4) is 0 Å². The molecule has 66 valence electrons. The molecule has 1 rings (SSSR count). The summed E-state index contributed by atoms with van der Waals surface area (Å²) in [6, 6.07) is 3.66. The van der Waals surface area contributed by atoms with E-state index < -0.39 is 3.68 Å². The summed E-state index contributed by atoms with van der Waals surface area (Å²) < 4.78 is 12.0. The number of aryl methyl sites for hydroxylation is 1. The van der Waals surface area contributed by atoms with Gasteiger partial charge in [0.05, 0.1) is 0 Å².